The minimum Gasteiger partial charge on any atom is -0.491 e. The maximum Gasteiger partial charge on any atom is 0.293 e. The summed E-state index contributed by atoms with van der Waals surface area (Å²) >= 11 is 0.766. The Bertz CT molecular complexity index is 1190. The molecule has 0 atom stereocenters. The molecule has 7 nitrogen and oxygen atoms in total. The fraction of sp³-hybridized carbons (Fsp3) is 0.0909. The van der Waals surface area contributed by atoms with Gasteiger partial charge in [-0.2, -0.15) is 0 Å². The number of imide groups is 1. The summed E-state index contributed by atoms with van der Waals surface area (Å²) in [5, 5.41) is 12.7. The molecule has 8 heteroatoms. The molecule has 0 spiro atoms. The number of thioether (sulfide) groups is 1. The Morgan fingerprint density at radius 2 is 1.73 bits per heavy atom. The van der Waals surface area contributed by atoms with Gasteiger partial charge in [0.1, 0.15) is 12.4 Å². The second kappa shape index (κ2) is 8.38. The van der Waals surface area contributed by atoms with E-state index in [1.54, 1.807) is 12.1 Å². The topological polar surface area (TPSA) is 89.8 Å². The highest BCUT2D eigenvalue weighted by atomic mass is 32.2. The smallest absolute Gasteiger partial charge is 0.293 e. The highest BCUT2D eigenvalue weighted by molar-refractivity contribution is 8.18. The number of nitro groups is 1. The predicted octanol–water partition coefficient (Wildman–Crippen LogP) is 4.86. The first-order valence-corrected chi connectivity index (χ1v) is 9.95. The Morgan fingerprint density at radius 3 is 2.57 bits per heavy atom. The molecule has 1 fully saturated rings. The first kappa shape index (κ1) is 19.7. The minimum atomic E-state index is -0.520. The number of hydrogen-bond donors (Lipinski definition) is 0. The number of para-hydroxylation sites is 1. The summed E-state index contributed by atoms with van der Waals surface area (Å²) < 4.78 is 5.82. The van der Waals surface area contributed by atoms with Crippen molar-refractivity contribution in [3.05, 3.63) is 87.3 Å². The molecule has 30 heavy (non-hydrogen) atoms. The number of carbonyl (C=O) groups excluding carboxylic acids is 2. The molecule has 0 bridgehead atoms. The van der Waals surface area contributed by atoms with Crippen molar-refractivity contribution in [1.29, 1.82) is 0 Å². The molecule has 0 saturated carbocycles. The number of ether oxygens (including phenoxy) is 1. The van der Waals surface area contributed by atoms with E-state index >= 15 is 0 Å². The van der Waals surface area contributed by atoms with Gasteiger partial charge in [0.05, 0.1) is 21.9 Å². The summed E-state index contributed by atoms with van der Waals surface area (Å²) in [6, 6.07) is 19.6. The van der Waals surface area contributed by atoms with Crippen molar-refractivity contribution in [1.82, 2.24) is 4.90 Å². The zero-order valence-corrected chi connectivity index (χ0v) is 16.5. The second-order valence-electron chi connectivity index (χ2n) is 6.48. The van der Waals surface area contributed by atoms with E-state index in [0.29, 0.717) is 5.75 Å². The number of carbonyl (C=O) groups is 2. The maximum atomic E-state index is 12.6. The van der Waals surface area contributed by atoms with Crippen molar-refractivity contribution in [2.45, 2.75) is 0 Å². The summed E-state index contributed by atoms with van der Waals surface area (Å²) in [5.41, 5.74) is 0.156. The Kier molecular flexibility index (Phi) is 5.49. The van der Waals surface area contributed by atoms with Gasteiger partial charge in [-0.3, -0.25) is 24.6 Å². The summed E-state index contributed by atoms with van der Waals surface area (Å²) in [6.45, 7) is 0.229. The normalized spacial score (nSPS) is 15.2. The molecule has 0 N–H and O–H groups in total. The van der Waals surface area contributed by atoms with Crippen molar-refractivity contribution in [3.63, 3.8) is 0 Å². The standard InChI is InChI=1S/C22H16N2O5S/c25-21-20(14-16-7-2-4-10-18(16)24(27)28)30-22(26)23(21)12-13-29-19-11-5-8-15-6-1-3-9-17(15)19/h1-11,14H,12-13H2/b20-14-. The van der Waals surface area contributed by atoms with Gasteiger partial charge in [0.15, 0.2) is 0 Å². The number of fused-ring (bicyclic) bond motifs is 1. The van der Waals surface area contributed by atoms with Crippen LogP contribution >= 0.6 is 11.8 Å². The summed E-state index contributed by atoms with van der Waals surface area (Å²) in [5.74, 6) is 0.195. The molecule has 1 aliphatic rings. The van der Waals surface area contributed by atoms with Crippen LogP contribution in [-0.2, 0) is 4.79 Å². The van der Waals surface area contributed by atoms with E-state index < -0.39 is 16.1 Å². The van der Waals surface area contributed by atoms with Crippen LogP contribution in [0.15, 0.2) is 71.6 Å². The van der Waals surface area contributed by atoms with Crippen LogP contribution in [0.5, 0.6) is 5.75 Å². The van der Waals surface area contributed by atoms with Crippen LogP contribution in [0.3, 0.4) is 0 Å². The Labute approximate surface area is 176 Å². The molecule has 1 heterocycles. The van der Waals surface area contributed by atoms with Crippen molar-refractivity contribution in [2.75, 3.05) is 13.2 Å². The average molecular weight is 420 g/mol. The second-order valence-corrected chi connectivity index (χ2v) is 7.47. The minimum absolute atomic E-state index is 0.0854. The van der Waals surface area contributed by atoms with E-state index in [4.69, 9.17) is 4.74 Å². The molecule has 0 unspecified atom stereocenters. The lowest BCUT2D eigenvalue weighted by Gasteiger charge is -2.14. The quantitative estimate of drug-likeness (QED) is 0.321. The third-order valence-electron chi connectivity index (χ3n) is 4.62. The van der Waals surface area contributed by atoms with Crippen LogP contribution in [0.4, 0.5) is 10.5 Å². The zero-order valence-electron chi connectivity index (χ0n) is 15.7. The Balaban J connectivity index is 1.47. The van der Waals surface area contributed by atoms with Gasteiger partial charge >= 0.3 is 0 Å². The molecule has 2 amide bonds. The lowest BCUT2D eigenvalue weighted by Crippen LogP contribution is -2.32. The predicted molar refractivity (Wildman–Crippen MR) is 115 cm³/mol. The van der Waals surface area contributed by atoms with Gasteiger partial charge in [-0.15, -0.1) is 0 Å². The zero-order chi connectivity index (χ0) is 21.1. The lowest BCUT2D eigenvalue weighted by molar-refractivity contribution is -0.385. The van der Waals surface area contributed by atoms with Crippen LogP contribution in [0, 0.1) is 10.1 Å². The van der Waals surface area contributed by atoms with Crippen LogP contribution < -0.4 is 4.74 Å². The highest BCUT2D eigenvalue weighted by Gasteiger charge is 2.35. The largest absolute Gasteiger partial charge is 0.491 e. The fourth-order valence-electron chi connectivity index (χ4n) is 3.18. The van der Waals surface area contributed by atoms with Gasteiger partial charge < -0.3 is 4.74 Å². The monoisotopic (exact) mass is 420 g/mol. The first-order chi connectivity index (χ1) is 14.5. The van der Waals surface area contributed by atoms with Gasteiger partial charge in [0.2, 0.25) is 0 Å². The fourth-order valence-corrected chi connectivity index (χ4v) is 4.03. The summed E-state index contributed by atoms with van der Waals surface area (Å²) in [7, 11) is 0. The van der Waals surface area contributed by atoms with E-state index in [2.05, 4.69) is 0 Å². The molecule has 0 aromatic heterocycles. The molecule has 1 aliphatic heterocycles. The molecule has 3 aromatic carbocycles. The molecule has 1 saturated heterocycles. The van der Waals surface area contributed by atoms with Gasteiger partial charge in [0.25, 0.3) is 16.8 Å². The lowest BCUT2D eigenvalue weighted by atomic mass is 10.1. The first-order valence-electron chi connectivity index (χ1n) is 9.14. The number of benzene rings is 3. The van der Waals surface area contributed by atoms with Crippen molar-refractivity contribution >= 4 is 45.4 Å². The molecule has 0 aliphatic carbocycles. The molecule has 3 aromatic rings. The van der Waals surface area contributed by atoms with E-state index in [0.717, 1.165) is 27.4 Å². The number of nitrogens with zero attached hydrogens (tertiary/aromatic N) is 2. The molecule has 150 valence electrons. The van der Waals surface area contributed by atoms with Gasteiger partial charge in [-0.1, -0.05) is 48.5 Å². The van der Waals surface area contributed by atoms with Crippen molar-refractivity contribution in [3.8, 4) is 5.75 Å². The highest BCUT2D eigenvalue weighted by Crippen LogP contribution is 2.34. The molecule has 0 radical (unpaired) electrons. The van der Waals surface area contributed by atoms with Crippen LogP contribution in [0.25, 0.3) is 16.8 Å². The van der Waals surface area contributed by atoms with E-state index in [-0.39, 0.29) is 29.3 Å². The van der Waals surface area contributed by atoms with E-state index in [1.807, 2.05) is 42.5 Å². The van der Waals surface area contributed by atoms with E-state index in [1.165, 1.54) is 18.2 Å². The van der Waals surface area contributed by atoms with Gasteiger partial charge in [0, 0.05) is 11.5 Å². The third-order valence-corrected chi connectivity index (χ3v) is 5.52. The van der Waals surface area contributed by atoms with E-state index in [9.17, 15) is 19.7 Å². The summed E-state index contributed by atoms with van der Waals surface area (Å²) in [4.78, 5) is 36.8. The third kappa shape index (κ3) is 3.90. The van der Waals surface area contributed by atoms with Crippen LogP contribution in [0.2, 0.25) is 0 Å². The van der Waals surface area contributed by atoms with Gasteiger partial charge in [-0.05, 0) is 35.4 Å². The summed E-state index contributed by atoms with van der Waals surface area (Å²) in [6.07, 6.45) is 1.38. The van der Waals surface area contributed by atoms with Crippen LogP contribution in [0.1, 0.15) is 5.56 Å². The number of amides is 2. The number of rotatable bonds is 6. The number of nitro benzene ring substituents is 1. The van der Waals surface area contributed by atoms with Gasteiger partial charge in [-0.25, -0.2) is 0 Å². The van der Waals surface area contributed by atoms with Crippen LogP contribution in [-0.4, -0.2) is 34.1 Å². The maximum absolute atomic E-state index is 12.6. The average Bonchev–Trinajstić information content (AvgIpc) is 3.01. The molecular formula is C22H16N2O5S. The van der Waals surface area contributed by atoms with Crippen molar-refractivity contribution < 1.29 is 19.2 Å². The molecular weight excluding hydrogens is 404 g/mol. The Morgan fingerprint density at radius 1 is 1.00 bits per heavy atom. The number of hydrogen-bond acceptors (Lipinski definition) is 6. The Hall–Kier alpha value is -3.65. The van der Waals surface area contributed by atoms with Crippen molar-refractivity contribution in [2.24, 2.45) is 0 Å². The molecule has 4 rings (SSSR count). The SMILES string of the molecule is O=C1S/C(=C\c2ccccc2[N+](=O)[O-])C(=O)N1CCOc1cccc2ccccc12.